The van der Waals surface area contributed by atoms with E-state index in [1.165, 1.54) is 22.8 Å². The molecule has 1 aliphatic heterocycles. The molecule has 4 rings (SSSR count). The van der Waals surface area contributed by atoms with Crippen LogP contribution >= 0.6 is 11.3 Å². The Bertz CT molecular complexity index is 1680. The van der Waals surface area contributed by atoms with Gasteiger partial charge in [-0.05, 0) is 67.7 Å². The van der Waals surface area contributed by atoms with Gasteiger partial charge >= 0.3 is 11.9 Å². The zero-order valence-corrected chi connectivity index (χ0v) is 26.3. The van der Waals surface area contributed by atoms with E-state index in [9.17, 15) is 14.4 Å². The summed E-state index contributed by atoms with van der Waals surface area (Å²) >= 11 is 1.25. The second kappa shape index (κ2) is 14.3. The Labute approximate surface area is 255 Å². The van der Waals surface area contributed by atoms with Crippen molar-refractivity contribution in [2.24, 2.45) is 10.9 Å². The second-order valence-electron chi connectivity index (χ2n) is 10.6. The first-order valence-electron chi connectivity index (χ1n) is 14.5. The summed E-state index contributed by atoms with van der Waals surface area (Å²) < 4.78 is 24.5. The number of thiazole rings is 1. The number of fused-ring (bicyclic) bond motifs is 1. The lowest BCUT2D eigenvalue weighted by atomic mass is 9.95. The van der Waals surface area contributed by atoms with Crippen molar-refractivity contribution in [3.8, 4) is 17.2 Å². The van der Waals surface area contributed by atoms with E-state index in [1.54, 1.807) is 25.1 Å². The molecule has 0 spiro atoms. The molecule has 0 saturated heterocycles. The van der Waals surface area contributed by atoms with Gasteiger partial charge in [-0.2, -0.15) is 0 Å². The molecule has 3 aromatic rings. The summed E-state index contributed by atoms with van der Waals surface area (Å²) in [6.07, 6.45) is 3.84. The van der Waals surface area contributed by atoms with Crippen molar-refractivity contribution in [2.45, 2.75) is 60.4 Å². The van der Waals surface area contributed by atoms with Crippen LogP contribution in [0.4, 0.5) is 0 Å². The van der Waals surface area contributed by atoms with Gasteiger partial charge in [0.2, 0.25) is 0 Å². The number of benzene rings is 2. The van der Waals surface area contributed by atoms with E-state index < -0.39 is 18.0 Å². The number of unbranched alkanes of at least 4 members (excludes halogenated alkanes) is 1. The molecular formula is C33H38N2O7S. The highest BCUT2D eigenvalue weighted by atomic mass is 32.1. The molecular weight excluding hydrogens is 568 g/mol. The number of nitrogens with zero attached hydrogens (tertiary/aromatic N) is 2. The SMILES string of the molecule is CCCCOc1ccc(/C=c2\sc3n(c2=O)C(c2ccc(OC(C)=O)c(OCC)c2)C(C(=O)OCC(C)C)=C(C)N=3)cc1. The Morgan fingerprint density at radius 2 is 1.81 bits per heavy atom. The molecule has 0 bridgehead atoms. The number of aromatic nitrogens is 1. The normalized spacial score (nSPS) is 14.8. The first-order chi connectivity index (χ1) is 20.6. The molecule has 0 saturated carbocycles. The molecule has 10 heteroatoms. The maximum atomic E-state index is 14.0. The molecule has 2 aromatic carbocycles. The first kappa shape index (κ1) is 31.7. The van der Waals surface area contributed by atoms with Crippen LogP contribution in [0.15, 0.2) is 63.5 Å². The Morgan fingerprint density at radius 1 is 1.07 bits per heavy atom. The summed E-state index contributed by atoms with van der Waals surface area (Å²) in [6, 6.07) is 11.7. The smallest absolute Gasteiger partial charge is 0.338 e. The Morgan fingerprint density at radius 3 is 2.47 bits per heavy atom. The van der Waals surface area contributed by atoms with Crippen LogP contribution in [-0.4, -0.2) is 36.3 Å². The third-order valence-corrected chi connectivity index (χ3v) is 7.55. The van der Waals surface area contributed by atoms with E-state index in [4.69, 9.17) is 18.9 Å². The summed E-state index contributed by atoms with van der Waals surface area (Å²) in [5.41, 5.74) is 1.85. The standard InChI is InChI=1S/C33H38N2O7S/c1-7-9-16-40-25-13-10-23(11-14-25)17-28-31(37)35-30(24-12-15-26(42-22(6)36)27(18-24)39-8-2)29(21(5)34-33(35)43-28)32(38)41-19-20(3)4/h10-15,17-18,20,30H,7-9,16,19H2,1-6H3/b28-17-. The summed E-state index contributed by atoms with van der Waals surface area (Å²) in [7, 11) is 0. The number of allylic oxidation sites excluding steroid dienone is 1. The molecule has 0 N–H and O–H groups in total. The fourth-order valence-electron chi connectivity index (χ4n) is 4.57. The summed E-state index contributed by atoms with van der Waals surface area (Å²) in [5.74, 6) is 0.432. The summed E-state index contributed by atoms with van der Waals surface area (Å²) in [4.78, 5) is 44.3. The number of hydrogen-bond donors (Lipinski definition) is 0. The van der Waals surface area contributed by atoms with Crippen molar-refractivity contribution in [1.82, 2.24) is 4.57 Å². The molecule has 43 heavy (non-hydrogen) atoms. The lowest BCUT2D eigenvalue weighted by Gasteiger charge is -2.25. The third-order valence-electron chi connectivity index (χ3n) is 6.57. The predicted octanol–water partition coefficient (Wildman–Crippen LogP) is 4.94. The van der Waals surface area contributed by atoms with Gasteiger partial charge in [0, 0.05) is 6.92 Å². The molecule has 2 heterocycles. The van der Waals surface area contributed by atoms with Gasteiger partial charge in [-0.3, -0.25) is 14.2 Å². The lowest BCUT2D eigenvalue weighted by Crippen LogP contribution is -2.40. The highest BCUT2D eigenvalue weighted by molar-refractivity contribution is 7.07. The molecule has 1 unspecified atom stereocenters. The van der Waals surface area contributed by atoms with Gasteiger partial charge in [0.15, 0.2) is 16.3 Å². The van der Waals surface area contributed by atoms with E-state index in [1.807, 2.05) is 51.1 Å². The van der Waals surface area contributed by atoms with E-state index in [2.05, 4.69) is 11.9 Å². The summed E-state index contributed by atoms with van der Waals surface area (Å²) in [5, 5.41) is 0. The largest absolute Gasteiger partial charge is 0.494 e. The number of carbonyl (C=O) groups is 2. The van der Waals surface area contributed by atoms with Gasteiger partial charge in [0.05, 0.1) is 41.7 Å². The van der Waals surface area contributed by atoms with E-state index in [-0.39, 0.29) is 29.4 Å². The van der Waals surface area contributed by atoms with Crippen LogP contribution in [0.3, 0.4) is 0 Å². The van der Waals surface area contributed by atoms with Gasteiger partial charge in [-0.25, -0.2) is 9.79 Å². The van der Waals surface area contributed by atoms with Gasteiger partial charge < -0.3 is 18.9 Å². The van der Waals surface area contributed by atoms with E-state index >= 15 is 0 Å². The average molecular weight is 607 g/mol. The van der Waals surface area contributed by atoms with Crippen LogP contribution in [-0.2, 0) is 14.3 Å². The maximum Gasteiger partial charge on any atom is 0.338 e. The minimum Gasteiger partial charge on any atom is -0.494 e. The molecule has 0 amide bonds. The van der Waals surface area contributed by atoms with Crippen molar-refractivity contribution in [3.63, 3.8) is 0 Å². The first-order valence-corrected chi connectivity index (χ1v) is 15.3. The number of hydrogen-bond acceptors (Lipinski definition) is 9. The molecule has 0 radical (unpaired) electrons. The Balaban J connectivity index is 1.83. The second-order valence-corrected chi connectivity index (χ2v) is 11.6. The minimum atomic E-state index is -0.835. The van der Waals surface area contributed by atoms with Gasteiger partial charge in [0.25, 0.3) is 5.56 Å². The zero-order chi connectivity index (χ0) is 31.1. The quantitative estimate of drug-likeness (QED) is 0.163. The molecule has 0 aliphatic carbocycles. The Hall–Kier alpha value is -4.18. The van der Waals surface area contributed by atoms with E-state index in [0.29, 0.717) is 39.6 Å². The number of rotatable bonds is 12. The number of carbonyl (C=O) groups excluding carboxylic acids is 2. The van der Waals surface area contributed by atoms with Crippen molar-refractivity contribution < 1.29 is 28.5 Å². The summed E-state index contributed by atoms with van der Waals surface area (Å²) in [6.45, 7) is 12.1. The van der Waals surface area contributed by atoms with Crippen LogP contribution in [0.1, 0.15) is 71.6 Å². The molecule has 1 aliphatic rings. The highest BCUT2D eigenvalue weighted by Crippen LogP contribution is 2.36. The molecule has 0 fully saturated rings. The lowest BCUT2D eigenvalue weighted by molar-refractivity contribution is -0.140. The molecule has 228 valence electrons. The van der Waals surface area contributed by atoms with Crippen LogP contribution in [0.2, 0.25) is 0 Å². The fraction of sp³-hybridized carbons (Fsp3) is 0.394. The van der Waals surface area contributed by atoms with Gasteiger partial charge in [-0.1, -0.05) is 56.7 Å². The molecule has 1 atom stereocenters. The fourth-order valence-corrected chi connectivity index (χ4v) is 5.61. The Kier molecular flexibility index (Phi) is 10.6. The number of ether oxygens (including phenoxy) is 4. The van der Waals surface area contributed by atoms with Gasteiger partial charge in [-0.15, -0.1) is 0 Å². The van der Waals surface area contributed by atoms with Crippen molar-refractivity contribution in [1.29, 1.82) is 0 Å². The zero-order valence-electron chi connectivity index (χ0n) is 25.5. The maximum absolute atomic E-state index is 14.0. The van der Waals surface area contributed by atoms with Crippen molar-refractivity contribution in [2.75, 3.05) is 19.8 Å². The minimum absolute atomic E-state index is 0.125. The van der Waals surface area contributed by atoms with Crippen molar-refractivity contribution in [3.05, 3.63) is 84.5 Å². The van der Waals surface area contributed by atoms with Crippen molar-refractivity contribution >= 4 is 29.4 Å². The predicted molar refractivity (Wildman–Crippen MR) is 165 cm³/mol. The molecule has 1 aromatic heterocycles. The monoisotopic (exact) mass is 606 g/mol. The highest BCUT2D eigenvalue weighted by Gasteiger charge is 2.34. The van der Waals surface area contributed by atoms with Crippen LogP contribution in [0, 0.1) is 5.92 Å². The molecule has 9 nitrogen and oxygen atoms in total. The number of esters is 2. The van der Waals surface area contributed by atoms with Crippen LogP contribution < -0.4 is 29.1 Å². The van der Waals surface area contributed by atoms with Crippen LogP contribution in [0.5, 0.6) is 17.2 Å². The van der Waals surface area contributed by atoms with Gasteiger partial charge in [0.1, 0.15) is 5.75 Å². The van der Waals surface area contributed by atoms with Crippen LogP contribution in [0.25, 0.3) is 6.08 Å². The third kappa shape index (κ3) is 7.62. The topological polar surface area (TPSA) is 105 Å². The average Bonchev–Trinajstić information content (AvgIpc) is 3.26. The van der Waals surface area contributed by atoms with E-state index in [0.717, 1.165) is 24.2 Å².